The van der Waals surface area contributed by atoms with Crippen LogP contribution in [-0.2, 0) is 0 Å². The number of rotatable bonds is 8. The zero-order valence-electron chi connectivity index (χ0n) is 22.3. The van der Waals surface area contributed by atoms with Gasteiger partial charge in [0.15, 0.2) is 5.82 Å². The van der Waals surface area contributed by atoms with Crippen LogP contribution in [0, 0.1) is 5.41 Å². The van der Waals surface area contributed by atoms with Crippen LogP contribution in [0.3, 0.4) is 0 Å². The number of aromatic nitrogens is 4. The monoisotopic (exact) mass is 520 g/mol. The van der Waals surface area contributed by atoms with E-state index in [0.29, 0.717) is 29.4 Å². The number of anilines is 3. The van der Waals surface area contributed by atoms with Crippen molar-refractivity contribution in [1.29, 1.82) is 0 Å². The first kappa shape index (κ1) is 24.2. The molecule has 0 radical (unpaired) electrons. The van der Waals surface area contributed by atoms with Crippen molar-refractivity contribution in [1.82, 2.24) is 30.8 Å². The maximum Gasteiger partial charge on any atom is 0.315 e. The summed E-state index contributed by atoms with van der Waals surface area (Å²) < 4.78 is 0. The summed E-state index contributed by atoms with van der Waals surface area (Å²) in [6.45, 7) is 2.67. The molecule has 204 valence electrons. The molecular weight excluding hydrogens is 478 g/mol. The van der Waals surface area contributed by atoms with Crippen LogP contribution < -0.4 is 26.2 Å². The average Bonchev–Trinajstić information content (AvgIpc) is 3.33. The third-order valence-corrected chi connectivity index (χ3v) is 9.75. The Morgan fingerprint density at radius 3 is 2.42 bits per heavy atom. The van der Waals surface area contributed by atoms with Gasteiger partial charge >= 0.3 is 6.03 Å². The summed E-state index contributed by atoms with van der Waals surface area (Å²) in [5.74, 6) is 2.77. The number of quaternary nitrogens is 1. The Morgan fingerprint density at radius 1 is 0.921 bits per heavy atom. The minimum absolute atomic E-state index is 0.0172. The molecule has 2 amide bonds. The summed E-state index contributed by atoms with van der Waals surface area (Å²) in [5.41, 5.74) is 1.76. The van der Waals surface area contributed by atoms with Crippen LogP contribution in [0.1, 0.15) is 88.7 Å². The van der Waals surface area contributed by atoms with Crippen molar-refractivity contribution in [3.8, 4) is 0 Å². The predicted octanol–water partition coefficient (Wildman–Crippen LogP) is 2.83. The van der Waals surface area contributed by atoms with Gasteiger partial charge in [0.25, 0.3) is 0 Å². The lowest BCUT2D eigenvalue weighted by molar-refractivity contribution is -0.975. The van der Waals surface area contributed by atoms with Gasteiger partial charge in [-0.25, -0.2) is 9.78 Å². The normalized spacial score (nSPS) is 32.8. The molecule has 4 saturated carbocycles. The Hall–Kier alpha value is -2.88. The standard InChI is InChI=1S/C28H41N9O/c38-27(32-21-14-28(15-21)16-37(17-28)22-9-10-22)31-20-7-5-19(6-8-20)30-26-29-12-11-24(34-26)33-25-13-23(35-36-25)18-3-1-2-4-18/h11-13,18-22H,1-10,14-17H2,(H2,31,32,38)(H3,29,30,33,34,35,36)/p+1. The van der Waals surface area contributed by atoms with Crippen LogP contribution in [0.15, 0.2) is 18.3 Å². The molecule has 0 bridgehead atoms. The largest absolute Gasteiger partial charge is 0.351 e. The Bertz CT molecular complexity index is 1120. The van der Waals surface area contributed by atoms with Gasteiger partial charge in [0.2, 0.25) is 5.95 Å². The number of aromatic amines is 1. The van der Waals surface area contributed by atoms with E-state index in [1.165, 1.54) is 70.2 Å². The average molecular weight is 521 g/mol. The van der Waals surface area contributed by atoms with Crippen LogP contribution >= 0.6 is 0 Å². The topological polar surface area (TPSA) is 124 Å². The second-order valence-electron chi connectivity index (χ2n) is 12.8. The van der Waals surface area contributed by atoms with E-state index in [1.54, 1.807) is 6.20 Å². The molecule has 0 unspecified atom stereocenters. The highest BCUT2D eigenvalue weighted by molar-refractivity contribution is 5.74. The zero-order chi connectivity index (χ0) is 25.5. The van der Waals surface area contributed by atoms with Crippen LogP contribution in [0.2, 0.25) is 0 Å². The molecule has 1 saturated heterocycles. The lowest BCUT2D eigenvalue weighted by Crippen LogP contribution is -3.24. The molecule has 10 nitrogen and oxygen atoms in total. The van der Waals surface area contributed by atoms with Gasteiger partial charge in [-0.1, -0.05) is 12.8 Å². The predicted molar refractivity (Wildman–Crippen MR) is 146 cm³/mol. The van der Waals surface area contributed by atoms with Gasteiger partial charge in [0, 0.05) is 54.8 Å². The summed E-state index contributed by atoms with van der Waals surface area (Å²) in [4.78, 5) is 23.5. The number of H-pyrrole nitrogens is 1. The molecule has 3 heterocycles. The lowest BCUT2D eigenvalue weighted by Gasteiger charge is -2.55. The fourth-order valence-electron chi connectivity index (χ4n) is 7.52. The fraction of sp³-hybridized carbons (Fsp3) is 0.714. The molecule has 5 aliphatic rings. The molecule has 2 aromatic rings. The molecule has 0 aromatic carbocycles. The zero-order valence-corrected chi connectivity index (χ0v) is 22.3. The van der Waals surface area contributed by atoms with Crippen molar-refractivity contribution in [3.05, 3.63) is 24.0 Å². The van der Waals surface area contributed by atoms with E-state index < -0.39 is 0 Å². The second kappa shape index (κ2) is 10.0. The smallest absolute Gasteiger partial charge is 0.315 e. The van der Waals surface area contributed by atoms with E-state index >= 15 is 0 Å². The molecule has 10 heteroatoms. The van der Waals surface area contributed by atoms with Gasteiger partial charge in [-0.2, -0.15) is 10.1 Å². The molecule has 7 rings (SSSR count). The third-order valence-electron chi connectivity index (χ3n) is 9.75. The van der Waals surface area contributed by atoms with Gasteiger partial charge in [0.05, 0.1) is 24.5 Å². The number of likely N-dealkylation sites (tertiary alicyclic amines) is 1. The number of carbonyl (C=O) groups is 1. The highest BCUT2D eigenvalue weighted by atomic mass is 16.2. The number of carbonyl (C=O) groups excluding carboxylic acids is 1. The quantitative estimate of drug-likeness (QED) is 0.318. The highest BCUT2D eigenvalue weighted by Gasteiger charge is 2.59. The summed E-state index contributed by atoms with van der Waals surface area (Å²) in [6.07, 6.45) is 16.0. The number of urea groups is 1. The minimum Gasteiger partial charge on any atom is -0.351 e. The molecule has 1 aliphatic heterocycles. The minimum atomic E-state index is 0.0172. The Kier molecular flexibility index (Phi) is 6.38. The van der Waals surface area contributed by atoms with Gasteiger partial charge in [0.1, 0.15) is 5.82 Å². The third kappa shape index (κ3) is 5.32. The number of hydrogen-bond acceptors (Lipinski definition) is 6. The molecule has 38 heavy (non-hydrogen) atoms. The van der Waals surface area contributed by atoms with Crippen LogP contribution in [0.5, 0.6) is 0 Å². The number of nitrogens with zero attached hydrogens (tertiary/aromatic N) is 3. The van der Waals surface area contributed by atoms with Gasteiger partial charge in [-0.05, 0) is 57.4 Å². The van der Waals surface area contributed by atoms with Crippen LogP contribution in [-0.4, -0.2) is 63.5 Å². The SMILES string of the molecule is O=C(NC1CCC(Nc2nccc(Nc3cc(C4CCCC4)[nH]n3)n2)CC1)NC1CC2(C1)C[NH+](C1CC1)C2. The van der Waals surface area contributed by atoms with Gasteiger partial charge in [-0.15, -0.1) is 0 Å². The van der Waals surface area contributed by atoms with Crippen molar-refractivity contribution in [2.75, 3.05) is 23.7 Å². The maximum atomic E-state index is 12.6. The van der Waals surface area contributed by atoms with E-state index in [1.807, 2.05) is 11.0 Å². The number of hydrogen-bond donors (Lipinski definition) is 6. The van der Waals surface area contributed by atoms with E-state index in [0.717, 1.165) is 43.4 Å². The lowest BCUT2D eigenvalue weighted by atomic mass is 9.60. The Labute approximate surface area is 224 Å². The first-order valence-corrected chi connectivity index (χ1v) is 14.9. The Morgan fingerprint density at radius 2 is 1.66 bits per heavy atom. The van der Waals surface area contributed by atoms with Crippen molar-refractivity contribution < 1.29 is 9.69 Å². The summed E-state index contributed by atoms with van der Waals surface area (Å²) >= 11 is 0. The summed E-state index contributed by atoms with van der Waals surface area (Å²) in [7, 11) is 0. The van der Waals surface area contributed by atoms with Gasteiger partial charge in [-0.3, -0.25) is 5.10 Å². The molecular formula is C28H42N9O+. The van der Waals surface area contributed by atoms with E-state index in [-0.39, 0.29) is 12.1 Å². The highest BCUT2D eigenvalue weighted by Crippen LogP contribution is 2.43. The van der Waals surface area contributed by atoms with E-state index in [9.17, 15) is 4.79 Å². The van der Waals surface area contributed by atoms with Crippen molar-refractivity contribution >= 4 is 23.6 Å². The second-order valence-corrected chi connectivity index (χ2v) is 12.8. The van der Waals surface area contributed by atoms with Crippen molar-refractivity contribution in [2.45, 2.75) is 107 Å². The van der Waals surface area contributed by atoms with E-state index in [4.69, 9.17) is 0 Å². The summed E-state index contributed by atoms with van der Waals surface area (Å²) in [5, 5.41) is 20.9. The molecule has 5 fully saturated rings. The number of amides is 2. The summed E-state index contributed by atoms with van der Waals surface area (Å²) in [6, 6.07) is 5.87. The van der Waals surface area contributed by atoms with Gasteiger partial charge < -0.3 is 26.2 Å². The first-order valence-electron chi connectivity index (χ1n) is 14.9. The first-order chi connectivity index (χ1) is 18.6. The molecule has 6 N–H and O–H groups in total. The molecule has 2 aromatic heterocycles. The number of nitrogens with one attached hydrogen (secondary N) is 6. The maximum absolute atomic E-state index is 12.6. The molecule has 0 atom stereocenters. The molecule has 4 aliphatic carbocycles. The van der Waals surface area contributed by atoms with Crippen molar-refractivity contribution in [3.63, 3.8) is 0 Å². The van der Waals surface area contributed by atoms with Crippen molar-refractivity contribution in [2.24, 2.45) is 5.41 Å². The Balaban J connectivity index is 0.824. The van der Waals surface area contributed by atoms with Crippen LogP contribution in [0.25, 0.3) is 0 Å². The molecule has 1 spiro atoms. The van der Waals surface area contributed by atoms with Crippen LogP contribution in [0.4, 0.5) is 22.4 Å². The van der Waals surface area contributed by atoms with E-state index in [2.05, 4.69) is 47.5 Å². The fourth-order valence-corrected chi connectivity index (χ4v) is 7.52.